The molecule has 6 heteroatoms. The molecule has 25 heavy (non-hydrogen) atoms. The molecule has 6 nitrogen and oxygen atoms in total. The van der Waals surface area contributed by atoms with Gasteiger partial charge in [-0.2, -0.15) is 5.10 Å². The summed E-state index contributed by atoms with van der Waals surface area (Å²) in [5.74, 6) is 0.254. The lowest BCUT2D eigenvalue weighted by molar-refractivity contribution is -0.131. The van der Waals surface area contributed by atoms with Crippen LogP contribution in [0.2, 0.25) is 0 Å². The lowest BCUT2D eigenvalue weighted by atomic mass is 9.92. The Morgan fingerprint density at radius 1 is 1.08 bits per heavy atom. The van der Waals surface area contributed by atoms with Gasteiger partial charge in [0.2, 0.25) is 0 Å². The summed E-state index contributed by atoms with van der Waals surface area (Å²) in [7, 11) is 1.57. The van der Waals surface area contributed by atoms with E-state index in [0.717, 1.165) is 16.1 Å². The minimum atomic E-state index is -1.16. The first-order chi connectivity index (χ1) is 11.9. The maximum Gasteiger partial charge on any atom is 0.346 e. The van der Waals surface area contributed by atoms with Crippen molar-refractivity contribution in [3.05, 3.63) is 65.2 Å². The Hall–Kier alpha value is -3.15. The van der Waals surface area contributed by atoms with Crippen LogP contribution in [0, 0.1) is 6.92 Å². The van der Waals surface area contributed by atoms with Crippen molar-refractivity contribution in [1.82, 2.24) is 10.3 Å². The van der Waals surface area contributed by atoms with E-state index in [0.29, 0.717) is 11.3 Å². The van der Waals surface area contributed by atoms with Gasteiger partial charge in [-0.15, -0.1) is 5.01 Å². The number of nitrogens with one attached hydrogen (secondary N) is 1. The lowest BCUT2D eigenvalue weighted by Gasteiger charge is -2.21. The first kappa shape index (κ1) is 16.7. The third-order valence-electron chi connectivity index (χ3n) is 4.24. The van der Waals surface area contributed by atoms with Crippen LogP contribution in [0.5, 0.6) is 5.75 Å². The van der Waals surface area contributed by atoms with Gasteiger partial charge in [0.1, 0.15) is 11.3 Å². The molecule has 1 N–H and O–H groups in total. The Labute approximate surface area is 146 Å². The third-order valence-corrected chi connectivity index (χ3v) is 4.24. The summed E-state index contributed by atoms with van der Waals surface area (Å²) >= 11 is 0. The van der Waals surface area contributed by atoms with Crippen molar-refractivity contribution in [2.24, 2.45) is 5.10 Å². The maximum absolute atomic E-state index is 12.8. The molecule has 0 saturated carbocycles. The number of methoxy groups -OCH3 is 1. The van der Waals surface area contributed by atoms with Gasteiger partial charge in [0.05, 0.1) is 13.3 Å². The Morgan fingerprint density at radius 2 is 1.72 bits per heavy atom. The van der Waals surface area contributed by atoms with Crippen molar-refractivity contribution in [3.63, 3.8) is 0 Å². The number of nitrogens with zero attached hydrogens (tertiary/aromatic N) is 2. The minimum absolute atomic E-state index is 0.425. The fourth-order valence-electron chi connectivity index (χ4n) is 2.63. The zero-order valence-electron chi connectivity index (χ0n) is 14.3. The summed E-state index contributed by atoms with van der Waals surface area (Å²) in [6.45, 7) is 3.65. The van der Waals surface area contributed by atoms with E-state index in [9.17, 15) is 9.59 Å². The summed E-state index contributed by atoms with van der Waals surface area (Å²) in [5.41, 5.74) is 1.44. The molecule has 2 aromatic carbocycles. The molecule has 2 aromatic rings. The molecule has 1 aliphatic rings. The molecule has 3 amide bonds. The monoisotopic (exact) mass is 337 g/mol. The van der Waals surface area contributed by atoms with Gasteiger partial charge in [0, 0.05) is 0 Å². The normalized spacial score (nSPS) is 20.2. The number of hydrogen-bond donors (Lipinski definition) is 1. The van der Waals surface area contributed by atoms with Crippen molar-refractivity contribution in [1.29, 1.82) is 0 Å². The number of rotatable bonds is 4. The summed E-state index contributed by atoms with van der Waals surface area (Å²) in [6.07, 6.45) is 1.50. The first-order valence-electron chi connectivity index (χ1n) is 7.86. The molecule has 1 saturated heterocycles. The van der Waals surface area contributed by atoms with Gasteiger partial charge >= 0.3 is 6.03 Å². The first-order valence-corrected chi connectivity index (χ1v) is 7.86. The number of carbonyl (C=O) groups excluding carboxylic acids is 2. The topological polar surface area (TPSA) is 71.0 Å². The van der Waals surface area contributed by atoms with Gasteiger partial charge in [-0.3, -0.25) is 4.79 Å². The zero-order chi connectivity index (χ0) is 18.0. The summed E-state index contributed by atoms with van der Waals surface area (Å²) in [5, 5.41) is 7.64. The predicted octanol–water partition coefficient (Wildman–Crippen LogP) is 2.80. The number of benzene rings is 2. The van der Waals surface area contributed by atoms with Gasteiger partial charge in [-0.05, 0) is 37.1 Å². The van der Waals surface area contributed by atoms with Gasteiger partial charge < -0.3 is 10.1 Å². The molecule has 1 unspecified atom stereocenters. The standard InChI is InChI=1S/C19H19N3O3/c1-13-4-6-14(7-5-13)12-20-22-17(23)19(2,21-18(22)24)15-8-10-16(25-3)11-9-15/h4-12H,1-3H3,(H,21,24)/b20-12+. The highest BCUT2D eigenvalue weighted by molar-refractivity contribution is 6.07. The molecule has 0 aliphatic carbocycles. The van der Waals surface area contributed by atoms with Crippen LogP contribution in [0.4, 0.5) is 4.79 Å². The maximum atomic E-state index is 12.8. The van der Waals surface area contributed by atoms with Crippen LogP contribution < -0.4 is 10.1 Å². The highest BCUT2D eigenvalue weighted by Gasteiger charge is 2.49. The van der Waals surface area contributed by atoms with E-state index in [1.54, 1.807) is 38.3 Å². The highest BCUT2D eigenvalue weighted by Crippen LogP contribution is 2.30. The van der Waals surface area contributed by atoms with Gasteiger partial charge in [0.15, 0.2) is 0 Å². The highest BCUT2D eigenvalue weighted by atomic mass is 16.5. The van der Waals surface area contributed by atoms with E-state index in [4.69, 9.17) is 4.74 Å². The van der Waals surface area contributed by atoms with Crippen LogP contribution in [0.3, 0.4) is 0 Å². The average Bonchev–Trinajstić information content (AvgIpc) is 2.84. The predicted molar refractivity (Wildman–Crippen MR) is 94.5 cm³/mol. The number of hydrogen-bond acceptors (Lipinski definition) is 4. The van der Waals surface area contributed by atoms with Gasteiger partial charge in [-0.1, -0.05) is 42.0 Å². The van der Waals surface area contributed by atoms with E-state index in [1.807, 2.05) is 31.2 Å². The molecule has 0 radical (unpaired) electrons. The minimum Gasteiger partial charge on any atom is -0.497 e. The Morgan fingerprint density at radius 3 is 2.32 bits per heavy atom. The molecule has 0 bridgehead atoms. The molecular weight excluding hydrogens is 318 g/mol. The number of amides is 3. The van der Waals surface area contributed by atoms with Gasteiger partial charge in [0.25, 0.3) is 5.91 Å². The van der Waals surface area contributed by atoms with E-state index in [2.05, 4.69) is 10.4 Å². The molecule has 1 atom stereocenters. The van der Waals surface area contributed by atoms with Crippen LogP contribution in [0.15, 0.2) is 53.6 Å². The molecule has 1 heterocycles. The number of imide groups is 1. The SMILES string of the molecule is COc1ccc(C2(C)NC(=O)N(/N=C/c3ccc(C)cc3)C2=O)cc1. The van der Waals surface area contributed by atoms with Crippen LogP contribution >= 0.6 is 0 Å². The summed E-state index contributed by atoms with van der Waals surface area (Å²) < 4.78 is 5.12. The molecule has 1 fully saturated rings. The van der Waals surface area contributed by atoms with Crippen molar-refractivity contribution >= 4 is 18.2 Å². The largest absolute Gasteiger partial charge is 0.497 e. The van der Waals surface area contributed by atoms with E-state index >= 15 is 0 Å². The van der Waals surface area contributed by atoms with Crippen LogP contribution in [-0.2, 0) is 10.3 Å². The summed E-state index contributed by atoms with van der Waals surface area (Å²) in [6, 6.07) is 14.1. The second-order valence-corrected chi connectivity index (χ2v) is 6.06. The molecular formula is C19H19N3O3. The third kappa shape index (κ3) is 3.10. The Kier molecular flexibility index (Phi) is 4.27. The van der Waals surface area contributed by atoms with E-state index in [1.165, 1.54) is 6.21 Å². The molecule has 0 aromatic heterocycles. The Bertz CT molecular complexity index is 828. The fourth-order valence-corrected chi connectivity index (χ4v) is 2.63. The molecule has 1 aliphatic heterocycles. The molecule has 3 rings (SSSR count). The van der Waals surface area contributed by atoms with E-state index < -0.39 is 17.5 Å². The molecule has 0 spiro atoms. The van der Waals surface area contributed by atoms with Crippen molar-refractivity contribution in [3.8, 4) is 5.75 Å². The number of ether oxygens (including phenoxy) is 1. The quantitative estimate of drug-likeness (QED) is 0.689. The summed E-state index contributed by atoms with van der Waals surface area (Å²) in [4.78, 5) is 25.0. The van der Waals surface area contributed by atoms with Crippen LogP contribution in [0.1, 0.15) is 23.6 Å². The smallest absolute Gasteiger partial charge is 0.346 e. The second-order valence-electron chi connectivity index (χ2n) is 6.06. The second kappa shape index (κ2) is 6.39. The number of urea groups is 1. The number of aryl methyl sites for hydroxylation is 1. The van der Waals surface area contributed by atoms with E-state index in [-0.39, 0.29) is 0 Å². The Balaban J connectivity index is 1.84. The van der Waals surface area contributed by atoms with Crippen LogP contribution in [0.25, 0.3) is 0 Å². The van der Waals surface area contributed by atoms with Crippen molar-refractivity contribution < 1.29 is 14.3 Å². The zero-order valence-corrected chi connectivity index (χ0v) is 14.3. The average molecular weight is 337 g/mol. The molecule has 128 valence electrons. The fraction of sp³-hybridized carbons (Fsp3) is 0.211. The van der Waals surface area contributed by atoms with Crippen molar-refractivity contribution in [2.75, 3.05) is 7.11 Å². The number of hydrazone groups is 1. The number of carbonyl (C=O) groups is 2. The van der Waals surface area contributed by atoms with Crippen LogP contribution in [-0.4, -0.2) is 30.3 Å². The van der Waals surface area contributed by atoms with Gasteiger partial charge in [-0.25, -0.2) is 4.79 Å². The van der Waals surface area contributed by atoms with Crippen molar-refractivity contribution in [2.45, 2.75) is 19.4 Å². The lowest BCUT2D eigenvalue weighted by Crippen LogP contribution is -2.40.